The minimum Gasteiger partial charge on any atom is -0.446 e. The summed E-state index contributed by atoms with van der Waals surface area (Å²) >= 11 is 0. The molecule has 0 radical (unpaired) electrons. The Morgan fingerprint density at radius 3 is 2.47 bits per heavy atom. The molecule has 0 unspecified atom stereocenters. The predicted molar refractivity (Wildman–Crippen MR) is 69.1 cm³/mol. The third-order valence-electron chi connectivity index (χ3n) is 3.03. The maximum Gasteiger partial charge on any atom is 0.407 e. The number of hydrogen-bond donors (Lipinski definition) is 1. The van der Waals surface area contributed by atoms with Gasteiger partial charge in [-0.3, -0.25) is 0 Å². The molecule has 0 bridgehead atoms. The monoisotopic (exact) mass is 242 g/mol. The molecule has 0 saturated heterocycles. The molecule has 1 fully saturated rings. The van der Waals surface area contributed by atoms with Gasteiger partial charge in [0.1, 0.15) is 6.10 Å². The fourth-order valence-corrected chi connectivity index (χ4v) is 2.42. The first kappa shape index (κ1) is 14.3. The van der Waals surface area contributed by atoms with Crippen molar-refractivity contribution in [3.05, 3.63) is 0 Å². The normalized spacial score (nSPS) is 17.5. The highest BCUT2D eigenvalue weighted by Crippen LogP contribution is 2.21. The van der Waals surface area contributed by atoms with Gasteiger partial charge in [0, 0.05) is 13.1 Å². The summed E-state index contributed by atoms with van der Waals surface area (Å²) in [5.74, 6) is 0. The van der Waals surface area contributed by atoms with E-state index >= 15 is 0 Å². The van der Waals surface area contributed by atoms with Gasteiger partial charge in [0.05, 0.1) is 0 Å². The van der Waals surface area contributed by atoms with Crippen molar-refractivity contribution in [2.45, 2.75) is 45.6 Å². The highest BCUT2D eigenvalue weighted by molar-refractivity contribution is 5.67. The lowest BCUT2D eigenvalue weighted by Gasteiger charge is -2.28. The highest BCUT2D eigenvalue weighted by atomic mass is 16.6. The van der Waals surface area contributed by atoms with Gasteiger partial charge < -0.3 is 15.0 Å². The standard InChI is InChI=1S/C13H26N2O2/c1-13(2,10-15(3)4)9-14-12(16)17-11-7-5-6-8-11/h11H,5-10H2,1-4H3,(H,14,16). The Hall–Kier alpha value is -0.770. The molecule has 100 valence electrons. The summed E-state index contributed by atoms with van der Waals surface area (Å²) in [6.45, 7) is 5.87. The zero-order valence-electron chi connectivity index (χ0n) is 11.6. The lowest BCUT2D eigenvalue weighted by atomic mass is 9.93. The number of nitrogens with one attached hydrogen (secondary N) is 1. The van der Waals surface area contributed by atoms with Crippen LogP contribution in [0.5, 0.6) is 0 Å². The van der Waals surface area contributed by atoms with Crippen LogP contribution in [0.3, 0.4) is 0 Å². The van der Waals surface area contributed by atoms with Gasteiger partial charge in [-0.2, -0.15) is 0 Å². The van der Waals surface area contributed by atoms with Crippen LogP contribution in [0.1, 0.15) is 39.5 Å². The van der Waals surface area contributed by atoms with Gasteiger partial charge in [-0.15, -0.1) is 0 Å². The first-order chi connectivity index (χ1) is 7.89. The molecule has 1 saturated carbocycles. The lowest BCUT2D eigenvalue weighted by Crippen LogP contribution is -2.40. The summed E-state index contributed by atoms with van der Waals surface area (Å²) in [6, 6.07) is 0. The van der Waals surface area contributed by atoms with E-state index < -0.39 is 0 Å². The molecule has 1 aliphatic rings. The van der Waals surface area contributed by atoms with E-state index in [0.29, 0.717) is 6.54 Å². The van der Waals surface area contributed by atoms with E-state index in [9.17, 15) is 4.79 Å². The number of carbonyl (C=O) groups is 1. The topological polar surface area (TPSA) is 41.6 Å². The maximum absolute atomic E-state index is 11.6. The van der Waals surface area contributed by atoms with Gasteiger partial charge in [-0.05, 0) is 45.2 Å². The van der Waals surface area contributed by atoms with Crippen LogP contribution in [0.25, 0.3) is 0 Å². The second kappa shape index (κ2) is 6.24. The van der Waals surface area contributed by atoms with Crippen molar-refractivity contribution in [2.75, 3.05) is 27.2 Å². The fraction of sp³-hybridized carbons (Fsp3) is 0.923. The molecule has 0 aromatic carbocycles. The second-order valence-electron chi connectivity index (χ2n) is 6.07. The number of carbonyl (C=O) groups excluding carboxylic acids is 1. The van der Waals surface area contributed by atoms with E-state index in [1.807, 2.05) is 14.1 Å². The molecule has 1 rings (SSSR count). The molecule has 0 spiro atoms. The van der Waals surface area contributed by atoms with Crippen molar-refractivity contribution in [3.63, 3.8) is 0 Å². The average molecular weight is 242 g/mol. The van der Waals surface area contributed by atoms with Crippen LogP contribution < -0.4 is 5.32 Å². The van der Waals surface area contributed by atoms with Crippen molar-refractivity contribution in [1.29, 1.82) is 0 Å². The van der Waals surface area contributed by atoms with Crippen LogP contribution >= 0.6 is 0 Å². The molecule has 17 heavy (non-hydrogen) atoms. The zero-order valence-corrected chi connectivity index (χ0v) is 11.6. The summed E-state index contributed by atoms with van der Waals surface area (Å²) in [6.07, 6.45) is 4.30. The molecular formula is C13H26N2O2. The van der Waals surface area contributed by atoms with Crippen LogP contribution in [0.4, 0.5) is 4.79 Å². The second-order valence-corrected chi connectivity index (χ2v) is 6.07. The lowest BCUT2D eigenvalue weighted by molar-refractivity contribution is 0.0963. The molecule has 1 N–H and O–H groups in total. The van der Waals surface area contributed by atoms with Gasteiger partial charge in [0.15, 0.2) is 0 Å². The predicted octanol–water partition coefficient (Wildman–Crippen LogP) is 2.24. The third-order valence-corrected chi connectivity index (χ3v) is 3.03. The molecular weight excluding hydrogens is 216 g/mol. The van der Waals surface area contributed by atoms with Crippen LogP contribution in [0.15, 0.2) is 0 Å². The number of alkyl carbamates (subject to hydrolysis) is 1. The maximum atomic E-state index is 11.6. The van der Waals surface area contributed by atoms with Crippen LogP contribution in [0.2, 0.25) is 0 Å². The SMILES string of the molecule is CN(C)CC(C)(C)CNC(=O)OC1CCCC1. The molecule has 4 nitrogen and oxygen atoms in total. The first-order valence-corrected chi connectivity index (χ1v) is 6.48. The molecule has 0 aromatic rings. The Kier molecular flexibility index (Phi) is 5.25. The highest BCUT2D eigenvalue weighted by Gasteiger charge is 2.22. The van der Waals surface area contributed by atoms with Gasteiger partial charge in [0.2, 0.25) is 0 Å². The number of nitrogens with zero attached hydrogens (tertiary/aromatic N) is 1. The molecule has 0 atom stereocenters. The van der Waals surface area contributed by atoms with Gasteiger partial charge >= 0.3 is 6.09 Å². The minimum absolute atomic E-state index is 0.0677. The van der Waals surface area contributed by atoms with Crippen molar-refractivity contribution in [3.8, 4) is 0 Å². The van der Waals surface area contributed by atoms with Crippen LogP contribution in [0, 0.1) is 5.41 Å². The number of ether oxygens (including phenoxy) is 1. The van der Waals surface area contributed by atoms with Crippen molar-refractivity contribution < 1.29 is 9.53 Å². The Morgan fingerprint density at radius 2 is 1.94 bits per heavy atom. The van der Waals surface area contributed by atoms with Crippen molar-refractivity contribution in [1.82, 2.24) is 10.2 Å². The van der Waals surface area contributed by atoms with E-state index in [4.69, 9.17) is 4.74 Å². The van der Waals surface area contributed by atoms with Gasteiger partial charge in [0.25, 0.3) is 0 Å². The summed E-state index contributed by atoms with van der Waals surface area (Å²) in [4.78, 5) is 13.7. The molecule has 0 aliphatic heterocycles. The molecule has 0 aromatic heterocycles. The summed E-state index contributed by atoms with van der Waals surface area (Å²) in [5.41, 5.74) is 0.0677. The average Bonchev–Trinajstić information content (AvgIpc) is 2.65. The first-order valence-electron chi connectivity index (χ1n) is 6.48. The largest absolute Gasteiger partial charge is 0.446 e. The number of amides is 1. The zero-order chi connectivity index (χ0) is 12.9. The van der Waals surface area contributed by atoms with E-state index in [1.54, 1.807) is 0 Å². The molecule has 0 heterocycles. The van der Waals surface area contributed by atoms with Crippen LogP contribution in [-0.4, -0.2) is 44.3 Å². The quantitative estimate of drug-likeness (QED) is 0.804. The van der Waals surface area contributed by atoms with Gasteiger partial charge in [-0.1, -0.05) is 13.8 Å². The Balaban J connectivity index is 2.22. The Morgan fingerprint density at radius 1 is 1.35 bits per heavy atom. The smallest absolute Gasteiger partial charge is 0.407 e. The summed E-state index contributed by atoms with van der Waals surface area (Å²) in [5, 5.41) is 2.87. The molecule has 1 aliphatic carbocycles. The van der Waals surface area contributed by atoms with Crippen LogP contribution in [-0.2, 0) is 4.74 Å². The Bertz CT molecular complexity index is 246. The summed E-state index contributed by atoms with van der Waals surface area (Å²) in [7, 11) is 4.08. The summed E-state index contributed by atoms with van der Waals surface area (Å²) < 4.78 is 5.35. The minimum atomic E-state index is -0.260. The fourth-order valence-electron chi connectivity index (χ4n) is 2.42. The number of rotatable bonds is 5. The molecule has 1 amide bonds. The Labute approximate surface area is 105 Å². The van der Waals surface area contributed by atoms with Crippen molar-refractivity contribution in [2.24, 2.45) is 5.41 Å². The third kappa shape index (κ3) is 5.91. The molecule has 4 heteroatoms. The van der Waals surface area contributed by atoms with E-state index in [0.717, 1.165) is 19.4 Å². The van der Waals surface area contributed by atoms with E-state index in [1.165, 1.54) is 12.8 Å². The van der Waals surface area contributed by atoms with Crippen molar-refractivity contribution >= 4 is 6.09 Å². The van der Waals surface area contributed by atoms with Gasteiger partial charge in [-0.25, -0.2) is 4.79 Å². The van der Waals surface area contributed by atoms with E-state index in [-0.39, 0.29) is 17.6 Å². The van der Waals surface area contributed by atoms with E-state index in [2.05, 4.69) is 24.1 Å². The number of hydrogen-bond acceptors (Lipinski definition) is 3.